The lowest BCUT2D eigenvalue weighted by Crippen LogP contribution is -3.20. The van der Waals surface area contributed by atoms with E-state index in [0.29, 0.717) is 0 Å². The minimum absolute atomic E-state index is 1.89. The molecule has 0 aromatic rings. The van der Waals surface area contributed by atoms with E-state index in [0.717, 1.165) is 0 Å². The summed E-state index contributed by atoms with van der Waals surface area (Å²) >= 11 is 0. The van der Waals surface area contributed by atoms with Crippen molar-refractivity contribution in [3.8, 4) is 0 Å². The quantitative estimate of drug-likeness (QED) is 0.391. The lowest BCUT2D eigenvalue weighted by molar-refractivity contribution is -0.477. The Bertz CT molecular complexity index is 937. The molecular formula is C4H4F12N2O8S4+2. The van der Waals surface area contributed by atoms with E-state index in [1.165, 1.54) is 0 Å². The van der Waals surface area contributed by atoms with Crippen LogP contribution in [-0.2, 0) is 40.1 Å². The molecule has 10 nitrogen and oxygen atoms in total. The zero-order valence-electron chi connectivity index (χ0n) is 12.6. The SMILES string of the molecule is O=S(=O)([NH+](S(=O)(=O)C(F)(F)F)S(=O)(=O)C(F)(F)F)C(F)(F)F.[NH3+]S(=O)(=O)C(F)(F)F. The molecule has 0 fully saturated rings. The van der Waals surface area contributed by atoms with Gasteiger partial charge >= 0.3 is 62.1 Å². The molecule has 184 valence electrons. The van der Waals surface area contributed by atoms with Crippen LogP contribution in [-0.4, -0.2) is 55.7 Å². The second kappa shape index (κ2) is 8.10. The molecule has 0 unspecified atom stereocenters. The summed E-state index contributed by atoms with van der Waals surface area (Å²) in [5.74, 6) is 0. The van der Waals surface area contributed by atoms with Crippen LogP contribution in [0.3, 0.4) is 0 Å². The molecule has 0 atom stereocenters. The minimum Gasteiger partial charge on any atom is -0.244 e. The lowest BCUT2D eigenvalue weighted by atomic mass is 11.6. The van der Waals surface area contributed by atoms with Gasteiger partial charge in [0.05, 0.1) is 0 Å². The zero-order valence-corrected chi connectivity index (χ0v) is 15.9. The van der Waals surface area contributed by atoms with Gasteiger partial charge in [0, 0.05) is 0 Å². The Kier molecular flexibility index (Phi) is 8.38. The fourth-order valence-electron chi connectivity index (χ4n) is 0.717. The third kappa shape index (κ3) is 6.44. The normalized spacial score (nSPS) is 15.5. The van der Waals surface area contributed by atoms with Crippen LogP contribution in [0.25, 0.3) is 0 Å². The maximum atomic E-state index is 12.0. The molecule has 0 aromatic heterocycles. The Balaban J connectivity index is 0. The van der Waals surface area contributed by atoms with Crippen molar-refractivity contribution in [2.75, 3.05) is 0 Å². The number of quaternary nitrogens is 2. The van der Waals surface area contributed by atoms with Crippen molar-refractivity contribution in [3.63, 3.8) is 0 Å². The zero-order chi connectivity index (χ0) is 25.6. The standard InChI is InChI=1S/C3F9NO6S3.CH2F3NO2S/c4-1(5,6)20(14,15)13(21(16,17)2(7,8)9)22(18,19)3(10,11)12;2-1(3,4)8(5,6)7/h;(H2,5,6,7)/p+2. The monoisotopic (exact) mass is 564 g/mol. The van der Waals surface area contributed by atoms with Crippen molar-refractivity contribution in [3.05, 3.63) is 0 Å². The number of nitrogens with one attached hydrogen (secondary N) is 1. The first kappa shape index (κ1) is 31.1. The molecule has 0 spiro atoms. The fourth-order valence-corrected chi connectivity index (χ4v) is 6.45. The second-order valence-electron chi connectivity index (χ2n) is 4.16. The molecule has 0 saturated carbocycles. The van der Waals surface area contributed by atoms with Crippen molar-refractivity contribution in [1.82, 2.24) is 0 Å². The molecule has 0 aliphatic heterocycles. The number of alkyl halides is 12. The predicted molar refractivity (Wildman–Crippen MR) is 63.7 cm³/mol. The van der Waals surface area contributed by atoms with E-state index >= 15 is 0 Å². The first-order valence-corrected chi connectivity index (χ1v) is 11.4. The van der Waals surface area contributed by atoms with Gasteiger partial charge in [-0.25, -0.2) is 5.14 Å². The van der Waals surface area contributed by atoms with Gasteiger partial charge in [-0.05, 0) is 3.12 Å². The van der Waals surface area contributed by atoms with Crippen molar-refractivity contribution < 1.29 is 94.6 Å². The van der Waals surface area contributed by atoms with E-state index in [1.807, 2.05) is 5.14 Å². The third-order valence-corrected chi connectivity index (χ3v) is 9.72. The molecule has 0 amide bonds. The number of rotatable bonds is 3. The van der Waals surface area contributed by atoms with Crippen molar-refractivity contribution >= 4 is 40.1 Å². The Labute approximate surface area is 157 Å². The van der Waals surface area contributed by atoms with Crippen molar-refractivity contribution in [2.24, 2.45) is 0 Å². The van der Waals surface area contributed by atoms with E-state index in [1.54, 1.807) is 0 Å². The third-order valence-electron chi connectivity index (χ3n) is 1.93. The molecule has 0 aromatic carbocycles. The molecule has 26 heteroatoms. The van der Waals surface area contributed by atoms with Crippen LogP contribution >= 0.6 is 0 Å². The summed E-state index contributed by atoms with van der Waals surface area (Å²) in [5, 5.41) is 1.89. The highest BCUT2D eigenvalue weighted by atomic mass is 32.3. The van der Waals surface area contributed by atoms with Gasteiger partial charge in [0.25, 0.3) is 0 Å². The molecular weight excluding hydrogens is 560 g/mol. The largest absolute Gasteiger partial charge is 0.551 e. The van der Waals surface area contributed by atoms with Crippen LogP contribution in [0.4, 0.5) is 52.7 Å². The average Bonchev–Trinajstić information content (AvgIpc) is 2.30. The van der Waals surface area contributed by atoms with E-state index in [2.05, 4.69) is 0 Å². The summed E-state index contributed by atoms with van der Waals surface area (Å²) in [5.41, 5.74) is -26.4. The van der Waals surface area contributed by atoms with E-state index in [9.17, 15) is 86.4 Å². The summed E-state index contributed by atoms with van der Waals surface area (Å²) in [6, 6.07) is 0. The molecule has 0 saturated heterocycles. The van der Waals surface area contributed by atoms with Gasteiger partial charge in [0.1, 0.15) is 0 Å². The number of hydrogen-bond donors (Lipinski definition) is 2. The number of hydrogen-bond acceptors (Lipinski definition) is 8. The van der Waals surface area contributed by atoms with Crippen LogP contribution in [0.1, 0.15) is 0 Å². The second-order valence-corrected chi connectivity index (χ2v) is 12.3. The molecule has 0 radical (unpaired) electrons. The highest BCUT2D eigenvalue weighted by Crippen LogP contribution is 2.28. The summed E-state index contributed by atoms with van der Waals surface area (Å²) in [4.78, 5) is 0. The van der Waals surface area contributed by atoms with Crippen LogP contribution < -0.4 is 8.25 Å². The van der Waals surface area contributed by atoms with E-state index in [4.69, 9.17) is 0 Å². The van der Waals surface area contributed by atoms with Crippen LogP contribution in [0.2, 0.25) is 0 Å². The Morgan fingerprint density at radius 2 is 0.567 bits per heavy atom. The van der Waals surface area contributed by atoms with Crippen LogP contribution in [0.5, 0.6) is 0 Å². The Hall–Kier alpha value is -1.12. The summed E-state index contributed by atoms with van der Waals surface area (Å²) in [7, 11) is -29.1. The number of sulfonamides is 4. The van der Waals surface area contributed by atoms with Crippen LogP contribution in [0.15, 0.2) is 0 Å². The Morgan fingerprint density at radius 1 is 0.433 bits per heavy atom. The van der Waals surface area contributed by atoms with E-state index < -0.39 is 65.2 Å². The first-order valence-electron chi connectivity index (χ1n) is 5.32. The van der Waals surface area contributed by atoms with Gasteiger partial charge in [0.15, 0.2) is 0 Å². The first-order chi connectivity index (χ1) is 12.4. The van der Waals surface area contributed by atoms with Gasteiger partial charge in [-0.3, -0.25) is 0 Å². The molecule has 30 heavy (non-hydrogen) atoms. The lowest BCUT2D eigenvalue weighted by Gasteiger charge is -2.20. The number of halogens is 12. The van der Waals surface area contributed by atoms with E-state index in [-0.39, 0.29) is 0 Å². The Morgan fingerprint density at radius 3 is 0.633 bits per heavy atom. The maximum absolute atomic E-state index is 12.0. The smallest absolute Gasteiger partial charge is 0.244 e. The minimum atomic E-state index is -8.02. The highest BCUT2D eigenvalue weighted by Gasteiger charge is 2.75. The fraction of sp³-hybridized carbons (Fsp3) is 1.00. The van der Waals surface area contributed by atoms with Gasteiger partial charge in [-0.1, -0.05) is 0 Å². The summed E-state index contributed by atoms with van der Waals surface area (Å²) < 4.78 is 219. The maximum Gasteiger partial charge on any atom is 0.551 e. The van der Waals surface area contributed by atoms with Gasteiger partial charge in [-0.15, -0.1) is 0 Å². The summed E-state index contributed by atoms with van der Waals surface area (Å²) in [6.07, 6.45) is 0. The van der Waals surface area contributed by atoms with Crippen molar-refractivity contribution in [1.29, 1.82) is 0 Å². The predicted octanol–water partition coefficient (Wildman–Crippen LogP) is -1.50. The molecule has 4 N–H and O–H groups in total. The molecule has 0 bridgehead atoms. The summed E-state index contributed by atoms with van der Waals surface area (Å²) in [6.45, 7) is 0. The van der Waals surface area contributed by atoms with Crippen molar-refractivity contribution in [2.45, 2.75) is 22.0 Å². The molecule has 0 aliphatic rings. The van der Waals surface area contributed by atoms with Gasteiger partial charge < -0.3 is 0 Å². The highest BCUT2D eigenvalue weighted by molar-refractivity contribution is 8.08. The molecule has 0 aliphatic carbocycles. The van der Waals surface area contributed by atoms with Gasteiger partial charge in [-0.2, -0.15) is 86.4 Å². The molecule has 0 heterocycles. The van der Waals surface area contributed by atoms with Crippen LogP contribution in [0, 0.1) is 0 Å². The molecule has 0 rings (SSSR count). The average molecular weight is 564 g/mol. The topological polar surface area (TPSA) is 169 Å². The van der Waals surface area contributed by atoms with Gasteiger partial charge in [0.2, 0.25) is 0 Å².